The molecule has 0 saturated heterocycles. The zero-order chi connectivity index (χ0) is 10.8. The average molecular weight is 215 g/mol. The second-order valence-electron chi connectivity index (χ2n) is 5.50. The fraction of sp³-hybridized carbons (Fsp3) is 0.667. The Balaban J connectivity index is 1.76. The first-order chi connectivity index (χ1) is 7.93. The molecule has 2 aliphatic rings. The third kappa shape index (κ3) is 2.00. The number of pyridine rings is 1. The van der Waals surface area contributed by atoms with Gasteiger partial charge in [-0.3, -0.25) is 4.98 Å². The lowest BCUT2D eigenvalue weighted by Crippen LogP contribution is -2.10. The molecule has 0 aliphatic heterocycles. The molecule has 1 heterocycles. The van der Waals surface area contributed by atoms with Crippen LogP contribution in [0.15, 0.2) is 12.4 Å². The molecule has 1 saturated carbocycles. The average Bonchev–Trinajstić information content (AvgIpc) is 2.80. The first-order valence-electron chi connectivity index (χ1n) is 6.88. The molecule has 1 aromatic rings. The summed E-state index contributed by atoms with van der Waals surface area (Å²) in [6, 6.07) is 0. The summed E-state index contributed by atoms with van der Waals surface area (Å²) in [4.78, 5) is 4.42. The van der Waals surface area contributed by atoms with E-state index in [0.29, 0.717) is 0 Å². The lowest BCUT2D eigenvalue weighted by Gasteiger charge is -2.22. The molecule has 1 fully saturated rings. The largest absolute Gasteiger partial charge is 0.264 e. The monoisotopic (exact) mass is 215 g/mol. The summed E-state index contributed by atoms with van der Waals surface area (Å²) in [6.45, 7) is 0. The minimum Gasteiger partial charge on any atom is -0.264 e. The molecule has 0 bridgehead atoms. The minimum atomic E-state index is 0.947. The Hall–Kier alpha value is -0.850. The van der Waals surface area contributed by atoms with Gasteiger partial charge < -0.3 is 0 Å². The highest BCUT2D eigenvalue weighted by Gasteiger charge is 2.19. The van der Waals surface area contributed by atoms with Gasteiger partial charge >= 0.3 is 0 Å². The zero-order valence-electron chi connectivity index (χ0n) is 10.0. The standard InChI is InChI=1S/C15H21N/c1-2-5-12(6-3-1)9-14-11-16-10-13-7-4-8-15(13)14/h10-12H,1-9H2. The number of aromatic nitrogens is 1. The van der Waals surface area contributed by atoms with E-state index in [0.717, 1.165) is 5.92 Å². The van der Waals surface area contributed by atoms with Gasteiger partial charge in [-0.15, -0.1) is 0 Å². The van der Waals surface area contributed by atoms with E-state index in [-0.39, 0.29) is 0 Å². The van der Waals surface area contributed by atoms with E-state index in [4.69, 9.17) is 0 Å². The minimum absolute atomic E-state index is 0.947. The van der Waals surface area contributed by atoms with Gasteiger partial charge in [-0.05, 0) is 48.3 Å². The van der Waals surface area contributed by atoms with Crippen LogP contribution in [0, 0.1) is 5.92 Å². The van der Waals surface area contributed by atoms with Gasteiger partial charge in [0, 0.05) is 12.4 Å². The lowest BCUT2D eigenvalue weighted by atomic mass is 9.84. The maximum atomic E-state index is 4.42. The summed E-state index contributed by atoms with van der Waals surface area (Å²) in [6.07, 6.45) is 16.7. The van der Waals surface area contributed by atoms with Crippen molar-refractivity contribution in [1.29, 1.82) is 0 Å². The van der Waals surface area contributed by atoms with Crippen molar-refractivity contribution in [1.82, 2.24) is 4.98 Å². The van der Waals surface area contributed by atoms with E-state index in [9.17, 15) is 0 Å². The lowest BCUT2D eigenvalue weighted by molar-refractivity contribution is 0.356. The van der Waals surface area contributed by atoms with E-state index in [1.807, 2.05) is 0 Å². The van der Waals surface area contributed by atoms with Crippen molar-refractivity contribution in [3.63, 3.8) is 0 Å². The first kappa shape index (κ1) is 10.3. The number of rotatable bonds is 2. The molecule has 2 aliphatic carbocycles. The molecule has 0 radical (unpaired) electrons. The van der Waals surface area contributed by atoms with Crippen LogP contribution in [0.1, 0.15) is 55.2 Å². The first-order valence-corrected chi connectivity index (χ1v) is 6.88. The van der Waals surface area contributed by atoms with Crippen LogP contribution in [0.5, 0.6) is 0 Å². The number of nitrogens with zero attached hydrogens (tertiary/aromatic N) is 1. The number of hydrogen-bond donors (Lipinski definition) is 0. The summed E-state index contributed by atoms with van der Waals surface area (Å²) < 4.78 is 0. The van der Waals surface area contributed by atoms with E-state index in [1.165, 1.54) is 63.4 Å². The molecule has 3 rings (SSSR count). The van der Waals surface area contributed by atoms with Crippen molar-refractivity contribution in [2.24, 2.45) is 5.92 Å². The molecule has 1 nitrogen and oxygen atoms in total. The van der Waals surface area contributed by atoms with Crippen LogP contribution >= 0.6 is 0 Å². The summed E-state index contributed by atoms with van der Waals surface area (Å²) in [5.74, 6) is 0.947. The fourth-order valence-corrected chi connectivity index (χ4v) is 3.45. The van der Waals surface area contributed by atoms with Crippen LogP contribution < -0.4 is 0 Å². The summed E-state index contributed by atoms with van der Waals surface area (Å²) >= 11 is 0. The van der Waals surface area contributed by atoms with Crippen molar-refractivity contribution in [3.05, 3.63) is 29.1 Å². The van der Waals surface area contributed by atoms with Crippen LogP contribution in [0.4, 0.5) is 0 Å². The molecular formula is C15H21N. The van der Waals surface area contributed by atoms with Crippen LogP contribution in [-0.4, -0.2) is 4.98 Å². The van der Waals surface area contributed by atoms with Crippen LogP contribution in [0.3, 0.4) is 0 Å². The van der Waals surface area contributed by atoms with Gasteiger partial charge in [-0.25, -0.2) is 0 Å². The van der Waals surface area contributed by atoms with Gasteiger partial charge in [0.2, 0.25) is 0 Å². The van der Waals surface area contributed by atoms with Gasteiger partial charge in [-0.1, -0.05) is 32.1 Å². The maximum Gasteiger partial charge on any atom is 0.0302 e. The number of hydrogen-bond acceptors (Lipinski definition) is 1. The predicted molar refractivity (Wildman–Crippen MR) is 66.5 cm³/mol. The second kappa shape index (κ2) is 4.57. The maximum absolute atomic E-state index is 4.42. The molecule has 0 spiro atoms. The summed E-state index contributed by atoms with van der Waals surface area (Å²) in [5, 5.41) is 0. The van der Waals surface area contributed by atoms with Gasteiger partial charge in [0.05, 0.1) is 0 Å². The SMILES string of the molecule is c1ncc(CC2CCCCC2)c2c1CCC2. The van der Waals surface area contributed by atoms with Crippen molar-refractivity contribution in [2.45, 2.75) is 57.8 Å². The summed E-state index contributed by atoms with van der Waals surface area (Å²) in [5.41, 5.74) is 4.76. The Labute approximate surface area is 98.3 Å². The van der Waals surface area contributed by atoms with E-state index < -0.39 is 0 Å². The smallest absolute Gasteiger partial charge is 0.0302 e. The molecule has 16 heavy (non-hydrogen) atoms. The number of aryl methyl sites for hydroxylation is 1. The molecule has 1 aromatic heterocycles. The van der Waals surface area contributed by atoms with Crippen LogP contribution in [-0.2, 0) is 19.3 Å². The van der Waals surface area contributed by atoms with Crippen molar-refractivity contribution >= 4 is 0 Å². The van der Waals surface area contributed by atoms with Crippen LogP contribution in [0.25, 0.3) is 0 Å². The quantitative estimate of drug-likeness (QED) is 0.733. The molecular weight excluding hydrogens is 194 g/mol. The van der Waals surface area contributed by atoms with Gasteiger partial charge in [0.1, 0.15) is 0 Å². The molecule has 0 amide bonds. The highest BCUT2D eigenvalue weighted by molar-refractivity contribution is 5.35. The van der Waals surface area contributed by atoms with Gasteiger partial charge in [0.15, 0.2) is 0 Å². The predicted octanol–water partition coefficient (Wildman–Crippen LogP) is 3.69. The van der Waals surface area contributed by atoms with E-state index in [2.05, 4.69) is 17.4 Å². The van der Waals surface area contributed by atoms with Gasteiger partial charge in [0.25, 0.3) is 0 Å². The van der Waals surface area contributed by atoms with E-state index >= 15 is 0 Å². The van der Waals surface area contributed by atoms with E-state index in [1.54, 1.807) is 11.1 Å². The molecule has 0 unspecified atom stereocenters. The highest BCUT2D eigenvalue weighted by Crippen LogP contribution is 2.30. The third-order valence-corrected chi connectivity index (χ3v) is 4.34. The Morgan fingerprint density at radius 1 is 1.00 bits per heavy atom. The molecule has 86 valence electrons. The molecule has 0 atom stereocenters. The number of fused-ring (bicyclic) bond motifs is 1. The molecule has 1 heteroatoms. The summed E-state index contributed by atoms with van der Waals surface area (Å²) in [7, 11) is 0. The molecule has 0 N–H and O–H groups in total. The van der Waals surface area contributed by atoms with Crippen molar-refractivity contribution in [2.75, 3.05) is 0 Å². The molecule has 0 aromatic carbocycles. The van der Waals surface area contributed by atoms with Crippen LogP contribution in [0.2, 0.25) is 0 Å². The topological polar surface area (TPSA) is 12.9 Å². The van der Waals surface area contributed by atoms with Crippen molar-refractivity contribution < 1.29 is 0 Å². The Morgan fingerprint density at radius 3 is 2.75 bits per heavy atom. The normalized spacial score (nSPS) is 21.0. The second-order valence-corrected chi connectivity index (χ2v) is 5.50. The van der Waals surface area contributed by atoms with Crippen molar-refractivity contribution in [3.8, 4) is 0 Å². The fourth-order valence-electron chi connectivity index (χ4n) is 3.45. The van der Waals surface area contributed by atoms with Gasteiger partial charge in [-0.2, -0.15) is 0 Å². The highest BCUT2D eigenvalue weighted by atomic mass is 14.6. The Morgan fingerprint density at radius 2 is 1.88 bits per heavy atom. The third-order valence-electron chi connectivity index (χ3n) is 4.34. The Bertz CT molecular complexity index is 364. The Kier molecular flexibility index (Phi) is 2.94. The zero-order valence-corrected chi connectivity index (χ0v) is 10.0.